The highest BCUT2D eigenvalue weighted by molar-refractivity contribution is 6.32. The van der Waals surface area contributed by atoms with E-state index in [2.05, 4.69) is 10.1 Å². The molecule has 12 heteroatoms. The van der Waals surface area contributed by atoms with Gasteiger partial charge in [0, 0.05) is 6.07 Å². The zero-order valence-electron chi connectivity index (χ0n) is 14.7. The number of imide groups is 1. The molecule has 11 nitrogen and oxygen atoms in total. The van der Waals surface area contributed by atoms with Crippen LogP contribution in [0.15, 0.2) is 34.4 Å². The molecular formula is C17H12ClN3O8. The quantitative estimate of drug-likeness (QED) is 0.245. The molecule has 0 bridgehead atoms. The van der Waals surface area contributed by atoms with Gasteiger partial charge in [-0.3, -0.25) is 19.8 Å². The predicted molar refractivity (Wildman–Crippen MR) is 96.9 cm³/mol. The third kappa shape index (κ3) is 3.89. The monoisotopic (exact) mass is 421 g/mol. The summed E-state index contributed by atoms with van der Waals surface area (Å²) in [7, 11) is 1.18. The Morgan fingerprint density at radius 3 is 2.79 bits per heavy atom. The summed E-state index contributed by atoms with van der Waals surface area (Å²) in [5, 5.41) is 22.7. The average molecular weight is 422 g/mol. The number of amides is 3. The highest BCUT2D eigenvalue weighted by atomic mass is 35.5. The van der Waals surface area contributed by atoms with Gasteiger partial charge in [-0.05, 0) is 29.8 Å². The highest BCUT2D eigenvalue weighted by Crippen LogP contribution is 2.35. The molecule has 29 heavy (non-hydrogen) atoms. The number of hydrogen-bond acceptors (Lipinski definition) is 8. The smallest absolute Gasteiger partial charge is 0.373 e. The van der Waals surface area contributed by atoms with Gasteiger partial charge in [-0.1, -0.05) is 11.6 Å². The molecule has 3 rings (SSSR count). The molecule has 3 amide bonds. The molecule has 2 heterocycles. The minimum atomic E-state index is -0.833. The van der Waals surface area contributed by atoms with E-state index < -0.39 is 34.3 Å². The second-order valence-corrected chi connectivity index (χ2v) is 6.17. The van der Waals surface area contributed by atoms with E-state index in [1.165, 1.54) is 31.4 Å². The van der Waals surface area contributed by atoms with Gasteiger partial charge in [0.15, 0.2) is 0 Å². The number of carbonyl (C=O) groups is 3. The number of benzene rings is 1. The zero-order valence-corrected chi connectivity index (χ0v) is 15.4. The van der Waals surface area contributed by atoms with Crippen LogP contribution in [0, 0.1) is 10.1 Å². The fraction of sp³-hybridized carbons (Fsp3) is 0.118. The maximum Gasteiger partial charge on any atom is 0.373 e. The molecule has 0 aliphatic carbocycles. The first kappa shape index (κ1) is 19.9. The summed E-state index contributed by atoms with van der Waals surface area (Å²) in [4.78, 5) is 47.0. The number of furan rings is 1. The van der Waals surface area contributed by atoms with E-state index in [0.29, 0.717) is 0 Å². The van der Waals surface area contributed by atoms with Crippen LogP contribution in [0.3, 0.4) is 0 Å². The molecule has 0 saturated carbocycles. The second kappa shape index (κ2) is 7.64. The van der Waals surface area contributed by atoms with Gasteiger partial charge in [-0.15, -0.1) is 0 Å². The Balaban J connectivity index is 1.84. The van der Waals surface area contributed by atoms with Gasteiger partial charge in [0.25, 0.3) is 5.91 Å². The maximum atomic E-state index is 12.5. The number of rotatable bonds is 5. The van der Waals surface area contributed by atoms with Crippen LogP contribution in [0.5, 0.6) is 5.75 Å². The van der Waals surface area contributed by atoms with Crippen LogP contribution < -0.4 is 5.32 Å². The van der Waals surface area contributed by atoms with Crippen LogP contribution in [-0.4, -0.2) is 39.9 Å². The molecule has 0 radical (unpaired) electrons. The summed E-state index contributed by atoms with van der Waals surface area (Å²) in [5.74, 6) is -2.06. The van der Waals surface area contributed by atoms with Gasteiger partial charge in [-0.25, -0.2) is 9.59 Å². The molecule has 1 aliphatic rings. The minimum absolute atomic E-state index is 0.0867. The Bertz CT molecular complexity index is 1070. The normalized spacial score (nSPS) is 15.0. The van der Waals surface area contributed by atoms with Crippen LogP contribution in [0.2, 0.25) is 5.02 Å². The van der Waals surface area contributed by atoms with E-state index >= 15 is 0 Å². The average Bonchev–Trinajstić information content (AvgIpc) is 3.24. The number of ether oxygens (including phenoxy) is 1. The third-order valence-electron chi connectivity index (χ3n) is 3.90. The first-order valence-electron chi connectivity index (χ1n) is 7.89. The van der Waals surface area contributed by atoms with E-state index in [0.717, 1.165) is 11.0 Å². The van der Waals surface area contributed by atoms with Gasteiger partial charge in [0.1, 0.15) is 11.5 Å². The SMILES string of the molecule is COC(=O)c1ccc(CN2C(=O)N/C(=C\c3cc(Cl)c(O)c([N+](=O)[O-])c3)C2=O)o1. The van der Waals surface area contributed by atoms with Crippen molar-refractivity contribution >= 4 is 41.3 Å². The number of halogens is 1. The lowest BCUT2D eigenvalue weighted by molar-refractivity contribution is -0.385. The summed E-state index contributed by atoms with van der Waals surface area (Å²) >= 11 is 5.77. The molecule has 1 aromatic carbocycles. The summed E-state index contributed by atoms with van der Waals surface area (Å²) in [6, 6.07) is 4.21. The number of urea groups is 1. The molecule has 0 atom stereocenters. The van der Waals surface area contributed by atoms with E-state index in [-0.39, 0.29) is 34.3 Å². The lowest BCUT2D eigenvalue weighted by Gasteiger charge is -2.09. The summed E-state index contributed by atoms with van der Waals surface area (Å²) in [6.45, 7) is -0.254. The minimum Gasteiger partial charge on any atom is -0.501 e. The number of phenolic OH excluding ortho intramolecular Hbond substituents is 1. The number of nitro groups is 1. The molecule has 1 aliphatic heterocycles. The maximum absolute atomic E-state index is 12.5. The van der Waals surface area contributed by atoms with Crippen LogP contribution in [0.1, 0.15) is 21.9 Å². The van der Waals surface area contributed by atoms with Crippen molar-refractivity contribution in [2.45, 2.75) is 6.54 Å². The first-order valence-corrected chi connectivity index (χ1v) is 8.27. The molecular weight excluding hydrogens is 410 g/mol. The van der Waals surface area contributed by atoms with Gasteiger partial charge < -0.3 is 19.6 Å². The number of carbonyl (C=O) groups excluding carboxylic acids is 3. The molecule has 2 N–H and O–H groups in total. The van der Waals surface area contributed by atoms with Crippen LogP contribution >= 0.6 is 11.6 Å². The molecule has 150 valence electrons. The van der Waals surface area contributed by atoms with Crippen molar-refractivity contribution in [2.24, 2.45) is 0 Å². The Hall–Kier alpha value is -3.86. The van der Waals surface area contributed by atoms with Crippen molar-refractivity contribution in [1.29, 1.82) is 0 Å². The molecule has 1 aromatic heterocycles. The zero-order chi connectivity index (χ0) is 21.3. The number of esters is 1. The summed E-state index contributed by atoms with van der Waals surface area (Å²) in [6.07, 6.45) is 1.18. The third-order valence-corrected chi connectivity index (χ3v) is 4.19. The number of aromatic hydroxyl groups is 1. The lowest BCUT2D eigenvalue weighted by Crippen LogP contribution is -2.30. The fourth-order valence-corrected chi connectivity index (χ4v) is 2.76. The molecule has 1 fully saturated rings. The summed E-state index contributed by atoms with van der Waals surface area (Å²) in [5.41, 5.74) is -0.689. The summed E-state index contributed by atoms with van der Waals surface area (Å²) < 4.78 is 9.74. The predicted octanol–water partition coefficient (Wildman–Crippen LogP) is 2.43. The Labute approximate surface area is 167 Å². The van der Waals surface area contributed by atoms with Gasteiger partial charge in [-0.2, -0.15) is 0 Å². The van der Waals surface area contributed by atoms with E-state index in [1.54, 1.807) is 0 Å². The number of nitrogens with one attached hydrogen (secondary N) is 1. The number of nitro benzene ring substituents is 1. The number of hydrogen-bond donors (Lipinski definition) is 2. The van der Waals surface area contributed by atoms with Crippen LogP contribution in [0.25, 0.3) is 6.08 Å². The van der Waals surface area contributed by atoms with E-state index in [4.69, 9.17) is 16.0 Å². The first-order chi connectivity index (χ1) is 13.7. The topological polar surface area (TPSA) is 152 Å². The van der Waals surface area contributed by atoms with E-state index in [9.17, 15) is 29.6 Å². The van der Waals surface area contributed by atoms with Gasteiger partial charge in [0.05, 0.1) is 23.6 Å². The van der Waals surface area contributed by atoms with Gasteiger partial charge >= 0.3 is 17.7 Å². The molecule has 2 aromatic rings. The number of nitrogens with zero attached hydrogens (tertiary/aromatic N) is 2. The fourth-order valence-electron chi connectivity index (χ4n) is 2.54. The standard InChI is InChI=1S/C17H12ClN3O8/c1-28-16(24)13-3-2-9(29-13)7-20-15(23)11(19-17(20)25)5-8-4-10(18)14(22)12(6-8)21(26)27/h2-6,22H,7H2,1H3,(H,19,25)/b11-5-. The molecule has 0 spiro atoms. The molecule has 1 saturated heterocycles. The second-order valence-electron chi connectivity index (χ2n) is 5.76. The van der Waals surface area contributed by atoms with Crippen LogP contribution in [0.4, 0.5) is 10.5 Å². The number of phenols is 1. The Morgan fingerprint density at radius 1 is 1.41 bits per heavy atom. The van der Waals surface area contributed by atoms with Crippen molar-refractivity contribution in [1.82, 2.24) is 10.2 Å². The van der Waals surface area contributed by atoms with Crippen molar-refractivity contribution in [2.75, 3.05) is 7.11 Å². The highest BCUT2D eigenvalue weighted by Gasteiger charge is 2.34. The van der Waals surface area contributed by atoms with Crippen molar-refractivity contribution in [3.05, 3.63) is 62.2 Å². The van der Waals surface area contributed by atoms with Gasteiger partial charge in [0.2, 0.25) is 11.5 Å². The number of methoxy groups -OCH3 is 1. The largest absolute Gasteiger partial charge is 0.501 e. The lowest BCUT2D eigenvalue weighted by atomic mass is 10.1. The van der Waals surface area contributed by atoms with Crippen molar-refractivity contribution < 1.29 is 33.6 Å². The van der Waals surface area contributed by atoms with E-state index in [1.807, 2.05) is 0 Å². The molecule has 0 unspecified atom stereocenters. The van der Waals surface area contributed by atoms with Crippen molar-refractivity contribution in [3.8, 4) is 5.75 Å². The van der Waals surface area contributed by atoms with Crippen LogP contribution in [-0.2, 0) is 16.1 Å². The van der Waals surface area contributed by atoms with Crippen molar-refractivity contribution in [3.63, 3.8) is 0 Å². The Morgan fingerprint density at radius 2 is 2.14 bits per heavy atom. The Kier molecular flexibility index (Phi) is 5.24.